The van der Waals surface area contributed by atoms with Gasteiger partial charge < -0.3 is 25.3 Å². The first-order chi connectivity index (χ1) is 21.3. The van der Waals surface area contributed by atoms with Crippen LogP contribution in [0.15, 0.2) is 97.1 Å². The van der Waals surface area contributed by atoms with Crippen LogP contribution in [0.1, 0.15) is 33.1 Å². The first-order valence-electron chi connectivity index (χ1n) is 15.1. The number of fused-ring (bicyclic) bond motifs is 1. The van der Waals surface area contributed by atoms with Gasteiger partial charge in [-0.25, -0.2) is 0 Å². The van der Waals surface area contributed by atoms with Gasteiger partial charge in [-0.15, -0.1) is 0 Å². The molecule has 1 aliphatic heterocycles. The Morgan fingerprint density at radius 3 is 2.14 bits per heavy atom. The fraction of sp³-hybridized carbons (Fsp3) is 0.306. The molecule has 0 bridgehead atoms. The zero-order chi connectivity index (χ0) is 31.2. The summed E-state index contributed by atoms with van der Waals surface area (Å²) in [6, 6.07) is 29.1. The SMILES string of the molecule is CN1CCN(C(=O)C(c2ccccc2)N(C)C(=O)[C@@H](Cc2ccc3ccccc3c2)N(C)C(=O)c2cccc(CN)c2)CC1. The van der Waals surface area contributed by atoms with Crippen molar-refractivity contribution in [2.45, 2.75) is 25.0 Å². The Bertz CT molecular complexity index is 1620. The minimum atomic E-state index is -0.860. The number of carbonyl (C=O) groups is 3. The molecule has 0 aliphatic carbocycles. The van der Waals surface area contributed by atoms with Crippen molar-refractivity contribution in [3.05, 3.63) is 119 Å². The van der Waals surface area contributed by atoms with Crippen LogP contribution in [0.25, 0.3) is 10.8 Å². The van der Waals surface area contributed by atoms with E-state index in [0.29, 0.717) is 25.2 Å². The molecule has 228 valence electrons. The van der Waals surface area contributed by atoms with E-state index in [0.717, 1.165) is 40.6 Å². The fourth-order valence-corrected chi connectivity index (χ4v) is 5.88. The van der Waals surface area contributed by atoms with Gasteiger partial charge in [0, 0.05) is 58.8 Å². The minimum absolute atomic E-state index is 0.116. The van der Waals surface area contributed by atoms with Crippen molar-refractivity contribution in [3.8, 4) is 0 Å². The molecule has 0 radical (unpaired) electrons. The van der Waals surface area contributed by atoms with E-state index in [1.54, 1.807) is 32.3 Å². The molecule has 3 amide bonds. The van der Waals surface area contributed by atoms with E-state index in [1.165, 1.54) is 9.80 Å². The Kier molecular flexibility index (Phi) is 9.72. The number of carbonyl (C=O) groups excluding carboxylic acids is 3. The minimum Gasteiger partial charge on any atom is -0.338 e. The molecule has 1 aliphatic rings. The molecule has 1 fully saturated rings. The topological polar surface area (TPSA) is 90.2 Å². The normalized spacial score (nSPS) is 15.0. The molecule has 8 nitrogen and oxygen atoms in total. The maximum atomic E-state index is 14.6. The Morgan fingerprint density at radius 1 is 0.750 bits per heavy atom. The van der Waals surface area contributed by atoms with Crippen molar-refractivity contribution in [1.29, 1.82) is 0 Å². The molecule has 1 heterocycles. The molecule has 1 saturated heterocycles. The van der Waals surface area contributed by atoms with Crippen molar-refractivity contribution >= 4 is 28.5 Å². The summed E-state index contributed by atoms with van der Waals surface area (Å²) in [4.78, 5) is 49.6. The number of likely N-dealkylation sites (N-methyl/N-ethyl adjacent to an activating group) is 3. The highest BCUT2D eigenvalue weighted by Gasteiger charge is 2.38. The monoisotopic (exact) mass is 591 g/mol. The van der Waals surface area contributed by atoms with Crippen LogP contribution in [-0.2, 0) is 22.6 Å². The Morgan fingerprint density at radius 2 is 1.43 bits per heavy atom. The van der Waals surface area contributed by atoms with Gasteiger partial charge >= 0.3 is 0 Å². The zero-order valence-corrected chi connectivity index (χ0v) is 25.7. The standard InChI is InChI=1S/C36H41N5O3/c1-38-18-20-41(21-19-38)36(44)33(29-12-5-4-6-13-29)40(3)35(43)32(24-26-16-17-28-11-7-8-14-30(28)22-26)39(2)34(42)31-15-9-10-27(23-31)25-37/h4-17,22-23,32-33H,18-21,24-25,37H2,1-3H3/t32-,33?/m1/s1. The smallest absolute Gasteiger partial charge is 0.254 e. The van der Waals surface area contributed by atoms with Crippen LogP contribution in [0.4, 0.5) is 0 Å². The average molecular weight is 592 g/mol. The average Bonchev–Trinajstić information content (AvgIpc) is 3.07. The van der Waals surface area contributed by atoms with E-state index in [9.17, 15) is 14.4 Å². The number of piperazine rings is 1. The first-order valence-corrected chi connectivity index (χ1v) is 15.1. The summed E-state index contributed by atoms with van der Waals surface area (Å²) in [5.41, 5.74) is 8.81. The highest BCUT2D eigenvalue weighted by Crippen LogP contribution is 2.26. The van der Waals surface area contributed by atoms with E-state index in [-0.39, 0.29) is 24.1 Å². The largest absolute Gasteiger partial charge is 0.338 e. The molecule has 0 saturated carbocycles. The van der Waals surface area contributed by atoms with E-state index < -0.39 is 12.1 Å². The second-order valence-corrected chi connectivity index (χ2v) is 11.6. The molecule has 4 aromatic carbocycles. The molecule has 0 aromatic heterocycles. The lowest BCUT2D eigenvalue weighted by atomic mass is 9.97. The second kappa shape index (κ2) is 13.8. The highest BCUT2D eigenvalue weighted by atomic mass is 16.2. The van der Waals surface area contributed by atoms with Crippen molar-refractivity contribution in [2.75, 3.05) is 47.3 Å². The lowest BCUT2D eigenvalue weighted by molar-refractivity contribution is -0.148. The highest BCUT2D eigenvalue weighted by molar-refractivity contribution is 5.98. The molecule has 2 atom stereocenters. The molecule has 44 heavy (non-hydrogen) atoms. The Balaban J connectivity index is 1.51. The van der Waals surface area contributed by atoms with Crippen molar-refractivity contribution in [3.63, 3.8) is 0 Å². The maximum absolute atomic E-state index is 14.6. The van der Waals surface area contributed by atoms with E-state index in [1.807, 2.05) is 84.7 Å². The molecule has 8 heteroatoms. The Hall–Kier alpha value is -4.53. The van der Waals surface area contributed by atoms with Gasteiger partial charge in [0.2, 0.25) is 11.8 Å². The van der Waals surface area contributed by atoms with Crippen molar-refractivity contribution in [2.24, 2.45) is 5.73 Å². The molecule has 5 rings (SSSR count). The van der Waals surface area contributed by atoms with Crippen LogP contribution in [-0.4, -0.2) is 90.7 Å². The summed E-state index contributed by atoms with van der Waals surface area (Å²) in [5.74, 6) is -0.705. The van der Waals surface area contributed by atoms with Gasteiger partial charge in [-0.05, 0) is 46.6 Å². The van der Waals surface area contributed by atoms with Crippen LogP contribution >= 0.6 is 0 Å². The first kappa shape index (κ1) is 30.9. The predicted molar refractivity (Wildman–Crippen MR) is 174 cm³/mol. The van der Waals surface area contributed by atoms with Crippen LogP contribution in [0.3, 0.4) is 0 Å². The quantitative estimate of drug-likeness (QED) is 0.318. The van der Waals surface area contributed by atoms with Crippen molar-refractivity contribution in [1.82, 2.24) is 19.6 Å². The summed E-state index contributed by atoms with van der Waals surface area (Å²) >= 11 is 0. The maximum Gasteiger partial charge on any atom is 0.254 e. The molecule has 1 unspecified atom stereocenters. The number of hydrogen-bond acceptors (Lipinski definition) is 5. The van der Waals surface area contributed by atoms with Gasteiger partial charge in [-0.3, -0.25) is 14.4 Å². The van der Waals surface area contributed by atoms with Gasteiger partial charge in [0.1, 0.15) is 12.1 Å². The summed E-state index contributed by atoms with van der Waals surface area (Å²) in [5, 5.41) is 2.16. The molecule has 0 spiro atoms. The van der Waals surface area contributed by atoms with E-state index in [2.05, 4.69) is 11.0 Å². The summed E-state index contributed by atoms with van der Waals surface area (Å²) in [6.07, 6.45) is 0.289. The second-order valence-electron chi connectivity index (χ2n) is 11.6. The van der Waals surface area contributed by atoms with Gasteiger partial charge in [0.05, 0.1) is 0 Å². The third kappa shape index (κ3) is 6.82. The van der Waals surface area contributed by atoms with Gasteiger partial charge in [-0.2, -0.15) is 0 Å². The van der Waals surface area contributed by atoms with Crippen LogP contribution in [0.5, 0.6) is 0 Å². The lowest BCUT2D eigenvalue weighted by Crippen LogP contribution is -2.54. The van der Waals surface area contributed by atoms with Gasteiger partial charge in [0.25, 0.3) is 5.91 Å². The number of benzene rings is 4. The zero-order valence-electron chi connectivity index (χ0n) is 25.7. The molecule has 4 aromatic rings. The predicted octanol–water partition coefficient (Wildman–Crippen LogP) is 3.96. The van der Waals surface area contributed by atoms with Gasteiger partial charge in [0.15, 0.2) is 0 Å². The van der Waals surface area contributed by atoms with Crippen LogP contribution < -0.4 is 5.73 Å². The number of hydrogen-bond donors (Lipinski definition) is 1. The third-order valence-corrected chi connectivity index (χ3v) is 8.62. The Labute approximate surface area is 259 Å². The van der Waals surface area contributed by atoms with Crippen LogP contribution in [0.2, 0.25) is 0 Å². The lowest BCUT2D eigenvalue weighted by Gasteiger charge is -2.39. The fourth-order valence-electron chi connectivity index (χ4n) is 5.88. The summed E-state index contributed by atoms with van der Waals surface area (Å²) in [6.45, 7) is 3.04. The number of amides is 3. The number of nitrogens with two attached hydrogens (primary N) is 1. The van der Waals surface area contributed by atoms with E-state index >= 15 is 0 Å². The number of nitrogens with zero attached hydrogens (tertiary/aromatic N) is 4. The molecule has 2 N–H and O–H groups in total. The number of rotatable bonds is 9. The summed E-state index contributed by atoms with van der Waals surface area (Å²) in [7, 11) is 5.38. The molecular weight excluding hydrogens is 550 g/mol. The van der Waals surface area contributed by atoms with Crippen LogP contribution in [0, 0.1) is 0 Å². The summed E-state index contributed by atoms with van der Waals surface area (Å²) < 4.78 is 0. The van der Waals surface area contributed by atoms with E-state index in [4.69, 9.17) is 5.73 Å². The van der Waals surface area contributed by atoms with Crippen molar-refractivity contribution < 1.29 is 14.4 Å². The molecular formula is C36H41N5O3. The van der Waals surface area contributed by atoms with Gasteiger partial charge in [-0.1, -0.05) is 84.9 Å². The third-order valence-electron chi connectivity index (χ3n) is 8.62.